The Bertz CT molecular complexity index is 5520. The highest BCUT2D eigenvalue weighted by Gasteiger charge is 2.94. The summed E-state index contributed by atoms with van der Waals surface area (Å²) in [6, 6.07) is 0. The average molecular weight is 1840 g/mol. The van der Waals surface area contributed by atoms with Crippen LogP contribution < -0.4 is 0 Å². The van der Waals surface area contributed by atoms with Gasteiger partial charge in [0, 0.05) is 0 Å². The SMILES string of the molecule is CC12CC3C4CC5(CC67CC8C9CC%10(CC%11%12CC%13C%14CC%15(C)CC(C(C%11)C%13(C)C%15)C%14(C)C%12)CC(C(C6)C8(CC68CC%11(C)CC%12C6CC6(CC%13%14CC%15C%16CC%17(C)CC(C(C%13)C%15(C)C%17)C%16(C)C%14)CC8C(C%11)C%12(CC8%11CC%12(C)CC%13C8CC8(C)CC%11C(C%12)C%13(CC%11%12CC%13(C)CC%14C%11CC%11(C)CC%12C(C%13)C%14(C)C%11)C8)C6)C%10)C9(CC68CC9(C)CC%10C6CC6(C)CC8C(C9)C%10(C)C6)C7)CC(C(C1)C3(C)C5)C4(C)C2. The van der Waals surface area contributed by atoms with Gasteiger partial charge in [0.15, 0.2) is 0 Å². The summed E-state index contributed by atoms with van der Waals surface area (Å²) in [5.41, 5.74) is 19.9. The summed E-state index contributed by atoms with van der Waals surface area (Å²) in [5.74, 6) is 33.5. The molecule has 0 saturated heterocycles. The molecule has 56 aliphatic rings. The van der Waals surface area contributed by atoms with Gasteiger partial charge in [0.1, 0.15) is 0 Å². The Morgan fingerprint density at radius 3 is 0.380 bits per heavy atom. The smallest absolute Gasteiger partial charge is 0.0224 e. The van der Waals surface area contributed by atoms with Crippen LogP contribution in [0.5, 0.6) is 0 Å². The maximum Gasteiger partial charge on any atom is -0.0224 e. The molecule has 744 valence electrons. The zero-order valence-corrected chi connectivity index (χ0v) is 91.4. The van der Waals surface area contributed by atoms with Gasteiger partial charge in [-0.3, -0.25) is 0 Å². The third-order valence-electron chi connectivity index (χ3n) is 72.3. The van der Waals surface area contributed by atoms with Crippen molar-refractivity contribution in [3.8, 4) is 0 Å². The largest absolute Gasteiger partial charge is 0.0596 e. The van der Waals surface area contributed by atoms with Crippen LogP contribution in [0.1, 0.15) is 478 Å². The van der Waals surface area contributed by atoms with E-state index in [1.54, 1.807) is 334 Å². The van der Waals surface area contributed by atoms with Gasteiger partial charge in [-0.05, 0) is 716 Å². The van der Waals surface area contributed by atoms with Crippen molar-refractivity contribution in [3.63, 3.8) is 0 Å². The highest BCUT2D eigenvalue weighted by molar-refractivity contribution is 5.43. The summed E-state index contributed by atoms with van der Waals surface area (Å²) in [6.45, 7) is 54.3. The van der Waals surface area contributed by atoms with Gasteiger partial charge in [-0.1, -0.05) is 125 Å². The molecule has 56 saturated carbocycles. The van der Waals surface area contributed by atoms with Gasteiger partial charge in [0.2, 0.25) is 0 Å². The number of hydrogen-bond acceptors (Lipinski definition) is 0. The van der Waals surface area contributed by atoms with Crippen LogP contribution in [0, 0.1) is 363 Å². The predicted molar refractivity (Wildman–Crippen MR) is 546 cm³/mol. The summed E-state index contributed by atoms with van der Waals surface area (Å²) in [4.78, 5) is 0. The van der Waals surface area contributed by atoms with Crippen LogP contribution in [0.3, 0.4) is 0 Å². The van der Waals surface area contributed by atoms with Gasteiger partial charge in [-0.15, -0.1) is 0 Å². The molecule has 56 rings (SSSR count). The standard InChI is InChI=1S/C137H196/c1-106-19-74-84-39-124(40-85(118(84,13)51-106)75(20-106)121(74,16)61-124)64-127-45-100-98-37-115(10)38-99(135(98,67-127)72-133-59-114(9)33-94-96(133)35-113(8)36-97(133)95(34-114)132(94,58-113)70-130-56-111(6)25-80-90(130)29-109(4)30-91(130)81(26-111)116(80,11)54-109)101(46-127)134(100,60-115)73-137-69-129(66-126-43-88-78-23-108(3)24-79(123(78,18)63-126)89(44-126)120(88,15)53-108)47-102-104(137)49-128(65-125-41-86-76-21-107(2)22-77(122(76,17)62-125)87(42-125)119(86,14)52-107)50-105(137)103(48-129)136(102,68-128)71-131-57-112(7)27-82-92(131)31-110(5)32-93(131)83(28-112)117(82,12)55-110/h74-105H,19-73H2,1-18H3. The maximum atomic E-state index is 3.21. The molecule has 56 aliphatic carbocycles. The Balaban J connectivity index is 0.497. The van der Waals surface area contributed by atoms with E-state index in [1.807, 2.05) is 19.3 Å². The van der Waals surface area contributed by atoms with Crippen molar-refractivity contribution in [2.75, 3.05) is 0 Å². The third kappa shape index (κ3) is 7.96. The monoisotopic (exact) mass is 1840 g/mol. The van der Waals surface area contributed by atoms with Crippen molar-refractivity contribution in [3.05, 3.63) is 0 Å². The second kappa shape index (κ2) is 21.1. The van der Waals surface area contributed by atoms with Crippen LogP contribution in [0.2, 0.25) is 0 Å². The molecule has 0 aliphatic heterocycles. The van der Waals surface area contributed by atoms with Crippen molar-refractivity contribution in [2.24, 2.45) is 363 Å². The molecule has 32 atom stereocenters. The number of hydrogen-bond donors (Lipinski definition) is 0. The molecule has 0 amide bonds. The predicted octanol–water partition coefficient (Wildman–Crippen LogP) is 34.6. The Hall–Kier alpha value is 0. The molecule has 64 bridgehead atoms. The van der Waals surface area contributed by atoms with Gasteiger partial charge in [-0.25, -0.2) is 0 Å². The molecule has 0 N–H and O–H groups in total. The lowest BCUT2D eigenvalue weighted by Gasteiger charge is -2.90. The molecule has 0 nitrogen and oxygen atoms in total. The Labute approximate surface area is 834 Å². The minimum absolute atomic E-state index is 0.563. The number of rotatable bonds is 14. The fourth-order valence-corrected chi connectivity index (χ4v) is 75.5. The topological polar surface area (TPSA) is 0 Å². The normalized spacial score (nSPS) is 79.5. The van der Waals surface area contributed by atoms with E-state index in [9.17, 15) is 0 Å². The summed E-state index contributed by atoms with van der Waals surface area (Å²) in [5, 5.41) is 0. The van der Waals surface area contributed by atoms with E-state index >= 15 is 0 Å². The highest BCUT2D eigenvalue weighted by atomic mass is 15.0. The second-order valence-electron chi connectivity index (χ2n) is 79.0. The van der Waals surface area contributed by atoms with E-state index in [2.05, 4.69) is 125 Å². The zero-order valence-electron chi connectivity index (χ0n) is 91.4. The Morgan fingerprint density at radius 1 is 0.102 bits per heavy atom. The molecule has 0 spiro atoms. The highest BCUT2D eigenvalue weighted by Crippen LogP contribution is 3.02. The second-order valence-corrected chi connectivity index (χ2v) is 79.0. The first kappa shape index (κ1) is 81.8. The van der Waals surface area contributed by atoms with Crippen LogP contribution in [0.15, 0.2) is 0 Å². The molecule has 0 heteroatoms. The molecule has 0 aromatic rings. The molecule has 0 aromatic carbocycles. The molecular weight excluding hydrogens is 1650 g/mol. The van der Waals surface area contributed by atoms with Crippen LogP contribution in [-0.2, 0) is 0 Å². The Kier molecular flexibility index (Phi) is 12.6. The van der Waals surface area contributed by atoms with E-state index in [0.717, 1.165) is 189 Å². The van der Waals surface area contributed by atoms with Crippen molar-refractivity contribution in [2.45, 2.75) is 478 Å². The van der Waals surface area contributed by atoms with E-state index in [1.165, 1.54) is 0 Å². The van der Waals surface area contributed by atoms with Crippen LogP contribution >= 0.6 is 0 Å². The van der Waals surface area contributed by atoms with Crippen LogP contribution in [0.25, 0.3) is 0 Å². The summed E-state index contributed by atoms with van der Waals surface area (Å²) in [6.07, 6.45) is 93.5. The minimum atomic E-state index is 0.563. The first-order chi connectivity index (χ1) is 64.2. The van der Waals surface area contributed by atoms with Crippen molar-refractivity contribution >= 4 is 0 Å². The van der Waals surface area contributed by atoms with Crippen LogP contribution in [0.4, 0.5) is 0 Å². The first-order valence-corrected chi connectivity index (χ1v) is 64.2. The minimum Gasteiger partial charge on any atom is -0.0596 e. The van der Waals surface area contributed by atoms with Gasteiger partial charge >= 0.3 is 0 Å². The summed E-state index contributed by atoms with van der Waals surface area (Å²) < 4.78 is 0. The average Bonchev–Trinajstić information content (AvgIpc) is 0.616. The molecular formula is C137H196. The fraction of sp³-hybridized carbons (Fsp3) is 1.00. The van der Waals surface area contributed by atoms with E-state index in [0.29, 0.717) is 173 Å². The van der Waals surface area contributed by atoms with E-state index in [-0.39, 0.29) is 0 Å². The fourth-order valence-electron chi connectivity index (χ4n) is 75.5. The molecule has 137 heavy (non-hydrogen) atoms. The van der Waals surface area contributed by atoms with E-state index < -0.39 is 0 Å². The first-order valence-electron chi connectivity index (χ1n) is 64.2. The Morgan fingerprint density at radius 2 is 0.204 bits per heavy atom. The lowest BCUT2D eigenvalue weighted by atomic mass is 9.15. The molecule has 0 radical (unpaired) electrons. The zero-order chi connectivity index (χ0) is 91.4. The van der Waals surface area contributed by atoms with Crippen LogP contribution in [-0.4, -0.2) is 0 Å². The van der Waals surface area contributed by atoms with Gasteiger partial charge in [0.25, 0.3) is 0 Å². The maximum absolute atomic E-state index is 3.21. The quantitative estimate of drug-likeness (QED) is 0.163. The molecule has 32 unspecified atom stereocenters. The summed E-state index contributed by atoms with van der Waals surface area (Å²) in [7, 11) is 0. The van der Waals surface area contributed by atoms with Gasteiger partial charge < -0.3 is 0 Å². The summed E-state index contributed by atoms with van der Waals surface area (Å²) >= 11 is 0. The third-order valence-corrected chi connectivity index (χ3v) is 72.3. The molecule has 0 heterocycles. The van der Waals surface area contributed by atoms with Gasteiger partial charge in [-0.2, -0.15) is 0 Å². The van der Waals surface area contributed by atoms with Crippen molar-refractivity contribution < 1.29 is 0 Å². The molecule has 56 fully saturated rings. The van der Waals surface area contributed by atoms with E-state index in [4.69, 9.17) is 0 Å². The lowest BCUT2D eigenvalue weighted by molar-refractivity contribution is -0.410. The molecule has 0 aromatic heterocycles. The van der Waals surface area contributed by atoms with Gasteiger partial charge in [0.05, 0.1) is 0 Å². The van der Waals surface area contributed by atoms with Crippen molar-refractivity contribution in [1.29, 1.82) is 0 Å². The lowest BCUT2D eigenvalue weighted by Crippen LogP contribution is -2.82. The van der Waals surface area contributed by atoms with Crippen molar-refractivity contribution in [1.82, 2.24) is 0 Å².